The van der Waals surface area contributed by atoms with Gasteiger partial charge in [0.05, 0.1) is 12.6 Å². The summed E-state index contributed by atoms with van der Waals surface area (Å²) in [6.07, 6.45) is 0.403. The number of hydrogen-bond donors (Lipinski definition) is 1. The second-order valence-electron chi connectivity index (χ2n) is 4.29. The maximum Gasteiger partial charge on any atom is 0.236 e. The Labute approximate surface area is 85.5 Å². The number of aliphatic hydroxyl groups is 1. The van der Waals surface area contributed by atoms with Crippen molar-refractivity contribution in [1.29, 1.82) is 0 Å². The Kier molecular flexibility index (Phi) is 3.89. The Morgan fingerprint density at radius 2 is 2.29 bits per heavy atom. The van der Waals surface area contributed by atoms with E-state index in [4.69, 9.17) is 0 Å². The Morgan fingerprint density at radius 3 is 2.71 bits per heavy atom. The molecule has 0 bridgehead atoms. The summed E-state index contributed by atoms with van der Waals surface area (Å²) in [6, 6.07) is 0.381. The number of aliphatic hydroxyl groups excluding tert-OH is 1. The summed E-state index contributed by atoms with van der Waals surface area (Å²) in [6.45, 7) is 5.78. The Bertz CT molecular complexity index is 206. The lowest BCUT2D eigenvalue weighted by Gasteiger charge is -2.23. The molecule has 1 fully saturated rings. The van der Waals surface area contributed by atoms with Gasteiger partial charge in [0.2, 0.25) is 5.91 Å². The highest BCUT2D eigenvalue weighted by molar-refractivity contribution is 5.78. The standard InChI is InChI=1S/C10H20N2O2/c1-8(2)11(3)7-10(14)12-5-4-9(13)6-12/h8-9,13H,4-7H2,1-3H3/t9-/m1/s1. The first-order valence-electron chi connectivity index (χ1n) is 5.16. The van der Waals surface area contributed by atoms with E-state index in [2.05, 4.69) is 13.8 Å². The molecule has 1 atom stereocenters. The molecule has 1 N–H and O–H groups in total. The minimum absolute atomic E-state index is 0.123. The number of carbonyl (C=O) groups excluding carboxylic acids is 1. The van der Waals surface area contributed by atoms with Crippen molar-refractivity contribution in [1.82, 2.24) is 9.80 Å². The predicted octanol–water partition coefficient (Wildman–Crippen LogP) is -0.0802. The van der Waals surface area contributed by atoms with Crippen LogP contribution in [-0.4, -0.2) is 59.6 Å². The quantitative estimate of drug-likeness (QED) is 0.693. The van der Waals surface area contributed by atoms with Crippen molar-refractivity contribution >= 4 is 5.91 Å². The zero-order valence-corrected chi connectivity index (χ0v) is 9.23. The summed E-state index contributed by atoms with van der Waals surface area (Å²) in [5.41, 5.74) is 0. The lowest BCUT2D eigenvalue weighted by atomic mass is 10.3. The minimum atomic E-state index is -0.316. The van der Waals surface area contributed by atoms with Gasteiger partial charge in [0.15, 0.2) is 0 Å². The molecule has 1 rings (SSSR count). The van der Waals surface area contributed by atoms with E-state index in [0.717, 1.165) is 6.42 Å². The molecule has 1 amide bonds. The third-order valence-corrected chi connectivity index (χ3v) is 2.78. The maximum atomic E-state index is 11.7. The van der Waals surface area contributed by atoms with E-state index >= 15 is 0 Å². The molecule has 0 aromatic rings. The number of carbonyl (C=O) groups is 1. The molecule has 0 saturated carbocycles. The van der Waals surface area contributed by atoms with E-state index < -0.39 is 0 Å². The Hall–Kier alpha value is -0.610. The minimum Gasteiger partial charge on any atom is -0.391 e. The fourth-order valence-corrected chi connectivity index (χ4v) is 1.46. The molecule has 1 saturated heterocycles. The van der Waals surface area contributed by atoms with Crippen molar-refractivity contribution < 1.29 is 9.90 Å². The molecule has 14 heavy (non-hydrogen) atoms. The molecule has 4 heteroatoms. The van der Waals surface area contributed by atoms with E-state index in [0.29, 0.717) is 25.7 Å². The number of amides is 1. The topological polar surface area (TPSA) is 43.8 Å². The van der Waals surface area contributed by atoms with Gasteiger partial charge >= 0.3 is 0 Å². The van der Waals surface area contributed by atoms with Crippen molar-refractivity contribution in [2.75, 3.05) is 26.7 Å². The molecular weight excluding hydrogens is 180 g/mol. The number of rotatable bonds is 3. The molecule has 0 aromatic heterocycles. The van der Waals surface area contributed by atoms with Gasteiger partial charge in [-0.1, -0.05) is 0 Å². The van der Waals surface area contributed by atoms with Gasteiger partial charge in [0.1, 0.15) is 0 Å². The highest BCUT2D eigenvalue weighted by Crippen LogP contribution is 2.09. The van der Waals surface area contributed by atoms with Crippen LogP contribution in [0.1, 0.15) is 20.3 Å². The molecule has 82 valence electrons. The normalized spacial score (nSPS) is 22.4. The molecule has 0 aliphatic carbocycles. The first kappa shape index (κ1) is 11.5. The molecule has 0 unspecified atom stereocenters. The molecule has 0 aromatic carbocycles. The van der Waals surface area contributed by atoms with Crippen molar-refractivity contribution in [2.45, 2.75) is 32.4 Å². The van der Waals surface area contributed by atoms with Gasteiger partial charge in [0, 0.05) is 19.1 Å². The van der Waals surface area contributed by atoms with Crippen LogP contribution >= 0.6 is 0 Å². The third kappa shape index (κ3) is 2.96. The van der Waals surface area contributed by atoms with Crippen LogP contribution < -0.4 is 0 Å². The summed E-state index contributed by atoms with van der Waals surface area (Å²) in [5.74, 6) is 0.123. The summed E-state index contributed by atoms with van der Waals surface area (Å²) in [5, 5.41) is 9.28. The van der Waals surface area contributed by atoms with E-state index in [-0.39, 0.29) is 12.0 Å². The summed E-state index contributed by atoms with van der Waals surface area (Å²) in [7, 11) is 1.94. The van der Waals surface area contributed by atoms with E-state index in [1.54, 1.807) is 4.90 Å². The Morgan fingerprint density at radius 1 is 1.64 bits per heavy atom. The summed E-state index contributed by atoms with van der Waals surface area (Å²) >= 11 is 0. The van der Waals surface area contributed by atoms with Crippen molar-refractivity contribution in [3.8, 4) is 0 Å². The zero-order valence-electron chi connectivity index (χ0n) is 9.23. The van der Waals surface area contributed by atoms with E-state index in [1.807, 2.05) is 11.9 Å². The van der Waals surface area contributed by atoms with Crippen LogP contribution in [0.3, 0.4) is 0 Å². The predicted molar refractivity (Wildman–Crippen MR) is 55.0 cm³/mol. The van der Waals surface area contributed by atoms with E-state index in [1.165, 1.54) is 0 Å². The fraction of sp³-hybridized carbons (Fsp3) is 0.900. The number of likely N-dealkylation sites (N-methyl/N-ethyl adjacent to an activating group) is 1. The van der Waals surface area contributed by atoms with Crippen LogP contribution in [0.5, 0.6) is 0 Å². The lowest BCUT2D eigenvalue weighted by molar-refractivity contribution is -0.131. The van der Waals surface area contributed by atoms with Crippen molar-refractivity contribution in [3.63, 3.8) is 0 Å². The van der Waals surface area contributed by atoms with Crippen LogP contribution in [0.25, 0.3) is 0 Å². The van der Waals surface area contributed by atoms with Gasteiger partial charge in [-0.05, 0) is 27.3 Å². The number of hydrogen-bond acceptors (Lipinski definition) is 3. The van der Waals surface area contributed by atoms with E-state index in [9.17, 15) is 9.90 Å². The fourth-order valence-electron chi connectivity index (χ4n) is 1.46. The van der Waals surface area contributed by atoms with Crippen LogP contribution in [0.2, 0.25) is 0 Å². The van der Waals surface area contributed by atoms with Gasteiger partial charge in [0.25, 0.3) is 0 Å². The van der Waals surface area contributed by atoms with Crippen molar-refractivity contribution in [3.05, 3.63) is 0 Å². The molecule has 1 aliphatic rings. The molecular formula is C10H20N2O2. The average Bonchev–Trinajstić information content (AvgIpc) is 2.51. The number of likely N-dealkylation sites (tertiary alicyclic amines) is 1. The van der Waals surface area contributed by atoms with Crippen LogP contribution in [-0.2, 0) is 4.79 Å². The zero-order chi connectivity index (χ0) is 10.7. The van der Waals surface area contributed by atoms with Gasteiger partial charge in [-0.15, -0.1) is 0 Å². The largest absolute Gasteiger partial charge is 0.391 e. The van der Waals surface area contributed by atoms with Crippen LogP contribution in [0, 0.1) is 0 Å². The maximum absolute atomic E-state index is 11.7. The van der Waals surface area contributed by atoms with Gasteiger partial charge in [-0.2, -0.15) is 0 Å². The molecule has 0 spiro atoms. The van der Waals surface area contributed by atoms with Gasteiger partial charge in [-0.25, -0.2) is 0 Å². The molecule has 0 radical (unpaired) electrons. The molecule has 1 aliphatic heterocycles. The monoisotopic (exact) mass is 200 g/mol. The molecule has 1 heterocycles. The SMILES string of the molecule is CC(C)N(C)CC(=O)N1CC[C@@H](O)C1. The highest BCUT2D eigenvalue weighted by atomic mass is 16.3. The first-order chi connectivity index (χ1) is 6.50. The second-order valence-corrected chi connectivity index (χ2v) is 4.29. The Balaban J connectivity index is 2.35. The number of nitrogens with zero attached hydrogens (tertiary/aromatic N) is 2. The van der Waals surface area contributed by atoms with Gasteiger partial charge in [-0.3, -0.25) is 9.69 Å². The molecule has 4 nitrogen and oxygen atoms in total. The van der Waals surface area contributed by atoms with Crippen molar-refractivity contribution in [2.24, 2.45) is 0 Å². The lowest BCUT2D eigenvalue weighted by Crippen LogP contribution is -2.40. The van der Waals surface area contributed by atoms with Crippen LogP contribution in [0.15, 0.2) is 0 Å². The average molecular weight is 200 g/mol. The first-order valence-corrected chi connectivity index (χ1v) is 5.16. The number of β-amino-alcohol motifs (C(OH)–C–C–N with tert-alkyl or cyclic N) is 1. The smallest absolute Gasteiger partial charge is 0.236 e. The summed E-state index contributed by atoms with van der Waals surface area (Å²) in [4.78, 5) is 15.4. The van der Waals surface area contributed by atoms with Crippen LogP contribution in [0.4, 0.5) is 0 Å². The highest BCUT2D eigenvalue weighted by Gasteiger charge is 2.25. The third-order valence-electron chi connectivity index (χ3n) is 2.78. The van der Waals surface area contributed by atoms with Gasteiger partial charge < -0.3 is 10.0 Å². The summed E-state index contributed by atoms with van der Waals surface area (Å²) < 4.78 is 0. The second kappa shape index (κ2) is 4.75.